The van der Waals surface area contributed by atoms with E-state index in [2.05, 4.69) is 9.88 Å². The Balaban J connectivity index is 2.17. The van der Waals surface area contributed by atoms with Gasteiger partial charge in [-0.25, -0.2) is 0 Å². The van der Waals surface area contributed by atoms with E-state index in [9.17, 15) is 0 Å². The molecule has 1 saturated carbocycles. The van der Waals surface area contributed by atoms with Crippen molar-refractivity contribution in [3.8, 4) is 0 Å². The van der Waals surface area contributed by atoms with E-state index >= 15 is 0 Å². The number of nitrogens with zero attached hydrogens (tertiary/aromatic N) is 2. The third-order valence-corrected chi connectivity index (χ3v) is 3.61. The highest BCUT2D eigenvalue weighted by Crippen LogP contribution is 2.29. The number of aromatic nitrogens is 1. The molecule has 0 saturated heterocycles. The van der Waals surface area contributed by atoms with Gasteiger partial charge in [0.15, 0.2) is 0 Å². The van der Waals surface area contributed by atoms with Crippen molar-refractivity contribution in [2.24, 2.45) is 5.73 Å². The molecule has 2 rings (SSSR count). The van der Waals surface area contributed by atoms with Crippen molar-refractivity contribution in [2.45, 2.75) is 31.7 Å². The summed E-state index contributed by atoms with van der Waals surface area (Å²) in [6.07, 6.45) is 6.25. The van der Waals surface area contributed by atoms with Crippen molar-refractivity contribution >= 4 is 22.9 Å². The van der Waals surface area contributed by atoms with Crippen molar-refractivity contribution in [3.63, 3.8) is 0 Å². The van der Waals surface area contributed by atoms with Crippen molar-refractivity contribution in [1.29, 1.82) is 0 Å². The fourth-order valence-corrected chi connectivity index (χ4v) is 2.31. The summed E-state index contributed by atoms with van der Waals surface area (Å²) in [6, 6.07) is 4.51. The van der Waals surface area contributed by atoms with E-state index in [1.165, 1.54) is 19.3 Å². The molecule has 18 heavy (non-hydrogen) atoms. The van der Waals surface area contributed by atoms with Gasteiger partial charge >= 0.3 is 0 Å². The molecule has 0 bridgehead atoms. The second kappa shape index (κ2) is 6.11. The average molecular weight is 265 g/mol. The quantitative estimate of drug-likeness (QED) is 0.762. The number of aliphatic hydroxyl groups is 1. The highest BCUT2D eigenvalue weighted by molar-refractivity contribution is 7.80. The predicted octanol–water partition coefficient (Wildman–Crippen LogP) is 1.46. The molecule has 1 aliphatic rings. The first kappa shape index (κ1) is 13.2. The third kappa shape index (κ3) is 2.97. The Hall–Kier alpha value is -1.20. The van der Waals surface area contributed by atoms with Gasteiger partial charge in [-0.3, -0.25) is 4.98 Å². The zero-order valence-corrected chi connectivity index (χ0v) is 11.2. The number of hydrogen-bond acceptors (Lipinski definition) is 4. The van der Waals surface area contributed by atoms with Crippen LogP contribution in [-0.2, 0) is 0 Å². The standard InChI is InChI=1S/C13H19N3OS/c14-13(18)12-9-11(5-6-15-12)16(7-2-8-17)10-3-1-4-10/h5-6,9-10,17H,1-4,7-8H2,(H2,14,18). The Morgan fingerprint density at radius 1 is 1.56 bits per heavy atom. The van der Waals surface area contributed by atoms with Crippen LogP contribution in [0.4, 0.5) is 5.69 Å². The van der Waals surface area contributed by atoms with Crippen molar-refractivity contribution in [3.05, 3.63) is 24.0 Å². The van der Waals surface area contributed by atoms with E-state index in [0.29, 0.717) is 16.7 Å². The normalized spacial score (nSPS) is 15.2. The van der Waals surface area contributed by atoms with Crippen LogP contribution in [0.5, 0.6) is 0 Å². The predicted molar refractivity (Wildman–Crippen MR) is 76.8 cm³/mol. The minimum absolute atomic E-state index is 0.219. The van der Waals surface area contributed by atoms with Crippen LogP contribution < -0.4 is 10.6 Å². The Labute approximate surface area is 113 Å². The second-order valence-corrected chi connectivity index (χ2v) is 5.06. The van der Waals surface area contributed by atoms with Crippen LogP contribution in [0.1, 0.15) is 31.4 Å². The number of anilines is 1. The molecule has 0 aliphatic heterocycles. The number of nitrogens with two attached hydrogens (primary N) is 1. The molecule has 0 spiro atoms. The molecule has 1 aliphatic carbocycles. The highest BCUT2D eigenvalue weighted by Gasteiger charge is 2.25. The van der Waals surface area contributed by atoms with Crippen LogP contribution in [0, 0.1) is 0 Å². The molecule has 1 fully saturated rings. The van der Waals surface area contributed by atoms with E-state index in [1.54, 1.807) is 6.20 Å². The molecular formula is C13H19N3OS. The van der Waals surface area contributed by atoms with Gasteiger partial charge in [-0.2, -0.15) is 0 Å². The molecule has 98 valence electrons. The molecule has 3 N–H and O–H groups in total. The first-order valence-corrected chi connectivity index (χ1v) is 6.76. The van der Waals surface area contributed by atoms with E-state index in [0.717, 1.165) is 18.7 Å². The van der Waals surface area contributed by atoms with Gasteiger partial charge in [-0.05, 0) is 37.8 Å². The lowest BCUT2D eigenvalue weighted by Gasteiger charge is -2.39. The summed E-state index contributed by atoms with van der Waals surface area (Å²) in [5, 5.41) is 9.00. The molecular weight excluding hydrogens is 246 g/mol. The molecule has 0 atom stereocenters. The van der Waals surface area contributed by atoms with Gasteiger partial charge in [-0.1, -0.05) is 12.2 Å². The van der Waals surface area contributed by atoms with Crippen molar-refractivity contribution < 1.29 is 5.11 Å². The summed E-state index contributed by atoms with van der Waals surface area (Å²) in [6.45, 7) is 1.08. The largest absolute Gasteiger partial charge is 0.396 e. The molecule has 0 amide bonds. The molecule has 4 nitrogen and oxygen atoms in total. The van der Waals surface area contributed by atoms with Crippen LogP contribution in [0.25, 0.3) is 0 Å². The Morgan fingerprint density at radius 3 is 2.89 bits per heavy atom. The van der Waals surface area contributed by atoms with Gasteiger partial charge in [0.25, 0.3) is 0 Å². The Bertz CT molecular complexity index is 420. The first-order chi connectivity index (χ1) is 8.72. The summed E-state index contributed by atoms with van der Waals surface area (Å²) in [4.78, 5) is 6.83. The first-order valence-electron chi connectivity index (χ1n) is 6.35. The third-order valence-electron chi connectivity index (χ3n) is 3.40. The van der Waals surface area contributed by atoms with Crippen molar-refractivity contribution in [2.75, 3.05) is 18.1 Å². The van der Waals surface area contributed by atoms with Crippen LogP contribution >= 0.6 is 12.2 Å². The second-order valence-electron chi connectivity index (χ2n) is 4.62. The summed E-state index contributed by atoms with van der Waals surface area (Å²) in [5.41, 5.74) is 7.38. The topological polar surface area (TPSA) is 62.4 Å². The number of hydrogen-bond donors (Lipinski definition) is 2. The number of rotatable bonds is 6. The number of aliphatic hydroxyl groups excluding tert-OH is 1. The smallest absolute Gasteiger partial charge is 0.122 e. The maximum Gasteiger partial charge on any atom is 0.122 e. The fraction of sp³-hybridized carbons (Fsp3) is 0.538. The molecule has 1 aromatic heterocycles. The minimum atomic E-state index is 0.219. The van der Waals surface area contributed by atoms with Gasteiger partial charge < -0.3 is 15.7 Å². The van der Waals surface area contributed by atoms with E-state index in [1.807, 2.05) is 12.1 Å². The summed E-state index contributed by atoms with van der Waals surface area (Å²) >= 11 is 4.96. The molecule has 0 unspecified atom stereocenters. The maximum absolute atomic E-state index is 9.00. The zero-order chi connectivity index (χ0) is 13.0. The fourth-order valence-electron chi connectivity index (χ4n) is 2.19. The highest BCUT2D eigenvalue weighted by atomic mass is 32.1. The van der Waals surface area contributed by atoms with E-state index in [4.69, 9.17) is 23.1 Å². The van der Waals surface area contributed by atoms with Gasteiger partial charge in [0.1, 0.15) is 4.99 Å². The van der Waals surface area contributed by atoms with Crippen LogP contribution in [-0.4, -0.2) is 34.3 Å². The lowest BCUT2D eigenvalue weighted by atomic mass is 9.91. The van der Waals surface area contributed by atoms with E-state index < -0.39 is 0 Å². The summed E-state index contributed by atoms with van der Waals surface area (Å²) in [7, 11) is 0. The maximum atomic E-state index is 9.00. The summed E-state index contributed by atoms with van der Waals surface area (Å²) in [5.74, 6) is 0. The molecule has 5 heteroatoms. The van der Waals surface area contributed by atoms with Crippen molar-refractivity contribution in [1.82, 2.24) is 4.98 Å². The van der Waals surface area contributed by atoms with Gasteiger partial charge in [-0.15, -0.1) is 0 Å². The van der Waals surface area contributed by atoms with E-state index in [-0.39, 0.29) is 6.61 Å². The lowest BCUT2D eigenvalue weighted by molar-refractivity contribution is 0.283. The molecule has 0 aromatic carbocycles. The van der Waals surface area contributed by atoms with Gasteiger partial charge in [0, 0.05) is 31.1 Å². The minimum Gasteiger partial charge on any atom is -0.396 e. The SMILES string of the molecule is NC(=S)c1cc(N(CCCO)C2CCC2)ccn1. The molecule has 1 heterocycles. The molecule has 1 aromatic rings. The Morgan fingerprint density at radius 2 is 2.33 bits per heavy atom. The Kier molecular flexibility index (Phi) is 4.49. The van der Waals surface area contributed by atoms with Crippen LogP contribution in [0.2, 0.25) is 0 Å². The van der Waals surface area contributed by atoms with Crippen LogP contribution in [0.15, 0.2) is 18.3 Å². The molecule has 0 radical (unpaired) electrons. The van der Waals surface area contributed by atoms with Gasteiger partial charge in [0.2, 0.25) is 0 Å². The average Bonchev–Trinajstić information content (AvgIpc) is 2.32. The number of thiocarbonyl (C=S) groups is 1. The lowest BCUT2D eigenvalue weighted by Crippen LogP contribution is -2.41. The van der Waals surface area contributed by atoms with Gasteiger partial charge in [0.05, 0.1) is 5.69 Å². The number of pyridine rings is 1. The monoisotopic (exact) mass is 265 g/mol. The zero-order valence-electron chi connectivity index (χ0n) is 10.4. The summed E-state index contributed by atoms with van der Waals surface area (Å²) < 4.78 is 0. The van der Waals surface area contributed by atoms with Crippen LogP contribution in [0.3, 0.4) is 0 Å².